The molecule has 0 aromatic heterocycles. The fourth-order valence-electron chi connectivity index (χ4n) is 4.45. The number of carbonyl (C=O) groups excluding carboxylic acids is 1. The molecule has 2 atom stereocenters. The van der Waals surface area contributed by atoms with Gasteiger partial charge in [-0.15, -0.1) is 0 Å². The zero-order chi connectivity index (χ0) is 30.3. The van der Waals surface area contributed by atoms with Gasteiger partial charge in [-0.1, -0.05) is 122 Å². The predicted octanol–water partition coefficient (Wildman–Crippen LogP) is 8.80. The summed E-state index contributed by atoms with van der Waals surface area (Å²) < 4.78 is 33.1. The second kappa shape index (κ2) is 30.7. The number of esters is 1. The molecule has 0 aliphatic heterocycles. The molecule has 0 amide bonds. The monoisotopic (exact) mass is 605 g/mol. The van der Waals surface area contributed by atoms with E-state index in [9.17, 15) is 14.3 Å². The molecule has 0 aliphatic carbocycles. The van der Waals surface area contributed by atoms with Crippen molar-refractivity contribution in [3.05, 3.63) is 12.2 Å². The van der Waals surface area contributed by atoms with Crippen LogP contribution in [0.1, 0.15) is 149 Å². The highest BCUT2D eigenvalue weighted by Gasteiger charge is 2.25. The molecule has 9 heteroatoms. The molecule has 8 nitrogen and oxygen atoms in total. The van der Waals surface area contributed by atoms with Crippen LogP contribution in [0.15, 0.2) is 12.2 Å². The van der Waals surface area contributed by atoms with Crippen LogP contribution in [0.4, 0.5) is 0 Å². The van der Waals surface area contributed by atoms with Gasteiger partial charge in [-0.05, 0) is 32.1 Å². The van der Waals surface area contributed by atoms with Crippen LogP contribution in [0.2, 0.25) is 0 Å². The van der Waals surface area contributed by atoms with E-state index in [1.165, 1.54) is 83.5 Å². The molecule has 3 N–H and O–H groups in total. The first-order valence-corrected chi connectivity index (χ1v) is 18.2. The second-order valence-electron chi connectivity index (χ2n) is 11.0. The Hall–Kier alpha value is -0.760. The first-order chi connectivity index (χ1) is 19.9. The van der Waals surface area contributed by atoms with E-state index in [1.807, 2.05) is 0 Å². The van der Waals surface area contributed by atoms with E-state index >= 15 is 0 Å². The minimum absolute atomic E-state index is 0.0945. The third kappa shape index (κ3) is 30.5. The lowest BCUT2D eigenvalue weighted by atomic mass is 10.1. The average molecular weight is 606 g/mol. The molecule has 0 fully saturated rings. The van der Waals surface area contributed by atoms with E-state index in [1.54, 1.807) is 0 Å². The number of nitrogens with two attached hydrogens (primary N) is 1. The first kappa shape index (κ1) is 40.2. The molecule has 0 spiro atoms. The Labute approximate surface area is 252 Å². The Morgan fingerprint density at radius 3 is 1.85 bits per heavy atom. The third-order valence-corrected chi connectivity index (χ3v) is 7.92. The second-order valence-corrected chi connectivity index (χ2v) is 12.5. The van der Waals surface area contributed by atoms with E-state index in [4.69, 9.17) is 24.3 Å². The van der Waals surface area contributed by atoms with Crippen LogP contribution in [0.5, 0.6) is 0 Å². The van der Waals surface area contributed by atoms with Gasteiger partial charge < -0.3 is 20.1 Å². The molecule has 0 heterocycles. The Bertz CT molecular complexity index is 648. The van der Waals surface area contributed by atoms with Crippen molar-refractivity contribution >= 4 is 13.8 Å². The number of unbranched alkanes of at least 4 members (excludes halogenated alkanes) is 17. The highest BCUT2D eigenvalue weighted by atomic mass is 31.2. The summed E-state index contributed by atoms with van der Waals surface area (Å²) in [6.45, 7) is 4.86. The molecule has 0 rings (SSSR count). The number of hydrogen-bond donors (Lipinski definition) is 2. The molecule has 0 radical (unpaired) electrons. The first-order valence-electron chi connectivity index (χ1n) is 16.7. The van der Waals surface area contributed by atoms with E-state index in [0.717, 1.165) is 44.9 Å². The number of phosphoric ester groups is 1. The summed E-state index contributed by atoms with van der Waals surface area (Å²) >= 11 is 0. The Morgan fingerprint density at radius 2 is 1.24 bits per heavy atom. The van der Waals surface area contributed by atoms with Gasteiger partial charge in [0.05, 0.1) is 19.8 Å². The van der Waals surface area contributed by atoms with Crippen molar-refractivity contribution in [2.75, 3.05) is 33.0 Å². The van der Waals surface area contributed by atoms with Crippen molar-refractivity contribution in [3.8, 4) is 0 Å². The fourth-order valence-corrected chi connectivity index (χ4v) is 5.21. The summed E-state index contributed by atoms with van der Waals surface area (Å²) in [5.74, 6) is -0.341. The molecule has 0 aliphatic rings. The van der Waals surface area contributed by atoms with Gasteiger partial charge in [0.25, 0.3) is 0 Å². The lowest BCUT2D eigenvalue weighted by molar-refractivity contribution is -0.154. The quantitative estimate of drug-likeness (QED) is 0.0338. The van der Waals surface area contributed by atoms with Gasteiger partial charge in [-0.25, -0.2) is 4.57 Å². The summed E-state index contributed by atoms with van der Waals surface area (Å²) in [6.07, 6.45) is 27.9. The van der Waals surface area contributed by atoms with Crippen LogP contribution in [0.3, 0.4) is 0 Å². The lowest BCUT2D eigenvalue weighted by Gasteiger charge is -2.20. The third-order valence-electron chi connectivity index (χ3n) is 6.93. The molecule has 41 heavy (non-hydrogen) atoms. The summed E-state index contributed by atoms with van der Waals surface area (Å²) in [7, 11) is -4.26. The summed E-state index contributed by atoms with van der Waals surface area (Å²) in [5.41, 5.74) is 5.33. The summed E-state index contributed by atoms with van der Waals surface area (Å²) in [4.78, 5) is 22.2. The van der Waals surface area contributed by atoms with Crippen LogP contribution >= 0.6 is 7.82 Å². The van der Waals surface area contributed by atoms with Gasteiger partial charge in [0.2, 0.25) is 0 Å². The maximum Gasteiger partial charge on any atom is 0.472 e. The maximum absolute atomic E-state index is 12.4. The van der Waals surface area contributed by atoms with E-state index in [-0.39, 0.29) is 32.3 Å². The highest BCUT2D eigenvalue weighted by Crippen LogP contribution is 2.43. The molecule has 0 saturated carbocycles. The zero-order valence-corrected chi connectivity index (χ0v) is 27.4. The van der Waals surface area contributed by atoms with E-state index in [2.05, 4.69) is 26.0 Å². The molecular formula is C32H64NO7P. The van der Waals surface area contributed by atoms with Crippen LogP contribution in [-0.2, 0) is 27.9 Å². The standard InChI is InChI=1S/C32H64NO7P/c1-3-5-7-9-11-13-15-17-19-21-23-25-32(34)40-31(30-39-41(35,36)38-28-26-33)29-37-27-24-22-20-18-16-14-12-10-8-6-4-2/h9,11,31H,3-8,10,12-30,33H2,1-2H3,(H,35,36)/b11-9-. The molecule has 0 bridgehead atoms. The van der Waals surface area contributed by atoms with Gasteiger partial charge in [0, 0.05) is 19.6 Å². The van der Waals surface area contributed by atoms with Crippen molar-refractivity contribution in [1.29, 1.82) is 0 Å². The number of carbonyl (C=O) groups is 1. The molecule has 0 aromatic carbocycles. The average Bonchev–Trinajstić information content (AvgIpc) is 2.96. The van der Waals surface area contributed by atoms with Crippen molar-refractivity contribution in [1.82, 2.24) is 0 Å². The van der Waals surface area contributed by atoms with Gasteiger partial charge in [0.15, 0.2) is 0 Å². The van der Waals surface area contributed by atoms with Crippen LogP contribution in [0, 0.1) is 0 Å². The molecule has 0 aromatic rings. The van der Waals surface area contributed by atoms with Gasteiger partial charge in [-0.3, -0.25) is 13.8 Å². The number of hydrogen-bond acceptors (Lipinski definition) is 7. The molecule has 2 unspecified atom stereocenters. The lowest BCUT2D eigenvalue weighted by Crippen LogP contribution is -2.28. The summed E-state index contributed by atoms with van der Waals surface area (Å²) in [6, 6.07) is 0. The molecule has 244 valence electrons. The van der Waals surface area contributed by atoms with Crippen LogP contribution in [0.25, 0.3) is 0 Å². The minimum Gasteiger partial charge on any atom is -0.457 e. The number of allylic oxidation sites excluding steroid dienone is 2. The Kier molecular flexibility index (Phi) is 30.1. The molecular weight excluding hydrogens is 541 g/mol. The Balaban J connectivity index is 4.15. The number of phosphoric acid groups is 1. The zero-order valence-electron chi connectivity index (χ0n) is 26.5. The van der Waals surface area contributed by atoms with Crippen molar-refractivity contribution in [2.24, 2.45) is 5.73 Å². The normalized spacial score (nSPS) is 14.0. The smallest absolute Gasteiger partial charge is 0.457 e. The van der Waals surface area contributed by atoms with E-state index in [0.29, 0.717) is 13.0 Å². The number of rotatable bonds is 32. The predicted molar refractivity (Wildman–Crippen MR) is 169 cm³/mol. The van der Waals surface area contributed by atoms with Gasteiger partial charge in [0.1, 0.15) is 6.10 Å². The van der Waals surface area contributed by atoms with E-state index < -0.39 is 13.9 Å². The Morgan fingerprint density at radius 1 is 0.707 bits per heavy atom. The van der Waals surface area contributed by atoms with Crippen molar-refractivity contribution < 1.29 is 32.8 Å². The molecule has 0 saturated heterocycles. The largest absolute Gasteiger partial charge is 0.472 e. The van der Waals surface area contributed by atoms with Crippen molar-refractivity contribution in [2.45, 2.75) is 155 Å². The number of ether oxygens (including phenoxy) is 2. The fraction of sp³-hybridized carbons (Fsp3) is 0.906. The SMILES string of the molecule is CCCC/C=C\CCCCCCCC(=O)OC(COCCCCCCCCCCCCC)COP(=O)(O)OCCN. The maximum atomic E-state index is 12.4. The topological polar surface area (TPSA) is 117 Å². The highest BCUT2D eigenvalue weighted by molar-refractivity contribution is 7.47. The van der Waals surface area contributed by atoms with Crippen LogP contribution in [-0.4, -0.2) is 49.9 Å². The van der Waals surface area contributed by atoms with Gasteiger partial charge in [-0.2, -0.15) is 0 Å². The van der Waals surface area contributed by atoms with Crippen LogP contribution < -0.4 is 5.73 Å². The van der Waals surface area contributed by atoms with Crippen molar-refractivity contribution in [3.63, 3.8) is 0 Å². The van der Waals surface area contributed by atoms with Gasteiger partial charge >= 0.3 is 13.8 Å². The minimum atomic E-state index is -4.26. The summed E-state index contributed by atoms with van der Waals surface area (Å²) in [5, 5.41) is 0.